The van der Waals surface area contributed by atoms with Crippen molar-refractivity contribution in [2.75, 3.05) is 19.7 Å². The predicted octanol–water partition coefficient (Wildman–Crippen LogP) is 2.31. The molecule has 1 aliphatic carbocycles. The molecule has 7 heteroatoms. The van der Waals surface area contributed by atoms with Crippen LogP contribution in [0, 0.1) is 0 Å². The standard InChI is InChI=1S/C23H25N3O4/c27-21-13-25-22(28)20(26-21)11-5-6-12-24-23(29)30-14-19-17-9-3-1-7-15(17)16-8-2-4-10-18(16)19/h1-4,7-10,19-20H,5-6,11-14H2,(H,24,29)(H,25,28)(H,26,27)/t20-/m0/s1. The highest BCUT2D eigenvalue weighted by Crippen LogP contribution is 2.44. The van der Waals surface area contributed by atoms with Gasteiger partial charge in [-0.05, 0) is 41.5 Å². The van der Waals surface area contributed by atoms with Gasteiger partial charge < -0.3 is 20.7 Å². The van der Waals surface area contributed by atoms with Gasteiger partial charge in [-0.1, -0.05) is 48.5 Å². The van der Waals surface area contributed by atoms with Crippen LogP contribution in [0.15, 0.2) is 48.5 Å². The highest BCUT2D eigenvalue weighted by molar-refractivity contribution is 5.94. The van der Waals surface area contributed by atoms with Gasteiger partial charge in [-0.3, -0.25) is 9.59 Å². The summed E-state index contributed by atoms with van der Waals surface area (Å²) in [6, 6.07) is 15.9. The average Bonchev–Trinajstić information content (AvgIpc) is 3.08. The first kappa shape index (κ1) is 19.9. The molecule has 2 aromatic carbocycles. The van der Waals surface area contributed by atoms with Crippen molar-refractivity contribution in [1.29, 1.82) is 0 Å². The van der Waals surface area contributed by atoms with Crippen LogP contribution in [0.1, 0.15) is 36.3 Å². The minimum absolute atomic E-state index is 0.0385. The highest BCUT2D eigenvalue weighted by Gasteiger charge is 2.29. The number of piperazine rings is 1. The monoisotopic (exact) mass is 407 g/mol. The van der Waals surface area contributed by atoms with Gasteiger partial charge in [0.05, 0.1) is 6.54 Å². The molecule has 1 saturated heterocycles. The molecule has 0 radical (unpaired) electrons. The van der Waals surface area contributed by atoms with E-state index in [0.29, 0.717) is 25.8 Å². The second-order valence-electron chi connectivity index (χ2n) is 7.59. The molecular weight excluding hydrogens is 382 g/mol. The van der Waals surface area contributed by atoms with Gasteiger partial charge in [0.25, 0.3) is 0 Å². The summed E-state index contributed by atoms with van der Waals surface area (Å²) in [5.74, 6) is -0.285. The Labute approximate surface area is 175 Å². The predicted molar refractivity (Wildman–Crippen MR) is 112 cm³/mol. The molecule has 1 heterocycles. The molecule has 3 N–H and O–H groups in total. The zero-order valence-corrected chi connectivity index (χ0v) is 16.6. The molecule has 2 aromatic rings. The van der Waals surface area contributed by atoms with Gasteiger partial charge in [-0.15, -0.1) is 0 Å². The summed E-state index contributed by atoms with van der Waals surface area (Å²) in [5, 5.41) is 7.99. The zero-order chi connectivity index (χ0) is 20.9. The number of carbonyl (C=O) groups is 3. The number of ether oxygens (including phenoxy) is 1. The maximum absolute atomic E-state index is 12.1. The van der Waals surface area contributed by atoms with Crippen molar-refractivity contribution in [2.45, 2.75) is 31.2 Å². The summed E-state index contributed by atoms with van der Waals surface area (Å²) < 4.78 is 5.50. The Hall–Kier alpha value is -3.35. The van der Waals surface area contributed by atoms with Crippen LogP contribution >= 0.6 is 0 Å². The molecule has 1 fully saturated rings. The lowest BCUT2D eigenvalue weighted by Crippen LogP contribution is -2.56. The van der Waals surface area contributed by atoms with E-state index in [4.69, 9.17) is 4.74 Å². The third-order valence-electron chi connectivity index (χ3n) is 5.61. The lowest BCUT2D eigenvalue weighted by molar-refractivity contribution is -0.133. The van der Waals surface area contributed by atoms with Gasteiger partial charge in [0.15, 0.2) is 0 Å². The second-order valence-corrected chi connectivity index (χ2v) is 7.59. The molecule has 0 spiro atoms. The number of rotatable bonds is 7. The van der Waals surface area contributed by atoms with Crippen molar-refractivity contribution in [2.24, 2.45) is 0 Å². The first-order chi connectivity index (χ1) is 14.6. The van der Waals surface area contributed by atoms with E-state index in [-0.39, 0.29) is 30.9 Å². The van der Waals surface area contributed by atoms with E-state index in [0.717, 1.165) is 0 Å². The minimum atomic E-state index is -0.485. The number of nitrogens with one attached hydrogen (secondary N) is 3. The van der Waals surface area contributed by atoms with Crippen LogP contribution in [0.2, 0.25) is 0 Å². The molecule has 0 saturated carbocycles. The molecule has 4 rings (SSSR count). The first-order valence-corrected chi connectivity index (χ1v) is 10.3. The molecule has 7 nitrogen and oxygen atoms in total. The third-order valence-corrected chi connectivity index (χ3v) is 5.61. The van der Waals surface area contributed by atoms with Gasteiger partial charge in [-0.2, -0.15) is 0 Å². The molecule has 3 amide bonds. The quantitative estimate of drug-likeness (QED) is 0.614. The Morgan fingerprint density at radius 1 is 1.00 bits per heavy atom. The van der Waals surface area contributed by atoms with E-state index in [1.807, 2.05) is 24.3 Å². The lowest BCUT2D eigenvalue weighted by atomic mass is 9.98. The van der Waals surface area contributed by atoms with Crippen LogP contribution in [-0.4, -0.2) is 43.6 Å². The molecular formula is C23H25N3O4. The van der Waals surface area contributed by atoms with Gasteiger partial charge >= 0.3 is 6.09 Å². The Balaban J connectivity index is 1.21. The molecule has 1 aliphatic heterocycles. The van der Waals surface area contributed by atoms with E-state index < -0.39 is 12.1 Å². The molecule has 2 aliphatic rings. The fourth-order valence-corrected chi connectivity index (χ4v) is 4.12. The van der Waals surface area contributed by atoms with E-state index >= 15 is 0 Å². The summed E-state index contributed by atoms with van der Waals surface area (Å²) in [4.78, 5) is 35.1. The van der Waals surface area contributed by atoms with Crippen molar-refractivity contribution in [3.63, 3.8) is 0 Å². The van der Waals surface area contributed by atoms with Gasteiger partial charge in [0.2, 0.25) is 11.8 Å². The fraction of sp³-hybridized carbons (Fsp3) is 0.348. The SMILES string of the molecule is O=C1CNC(=O)[C@H](CCCCNC(=O)OCC2c3ccccc3-c3ccccc32)N1. The third kappa shape index (κ3) is 4.30. The van der Waals surface area contributed by atoms with E-state index in [1.54, 1.807) is 0 Å². The van der Waals surface area contributed by atoms with Crippen molar-refractivity contribution >= 4 is 17.9 Å². The number of fused-ring (bicyclic) bond motifs is 3. The summed E-state index contributed by atoms with van der Waals surface area (Å²) in [7, 11) is 0. The number of hydrogen-bond donors (Lipinski definition) is 3. The Morgan fingerprint density at radius 2 is 1.67 bits per heavy atom. The minimum Gasteiger partial charge on any atom is -0.449 e. The average molecular weight is 407 g/mol. The van der Waals surface area contributed by atoms with Crippen molar-refractivity contribution in [3.05, 3.63) is 59.7 Å². The normalized spacial score (nSPS) is 17.5. The van der Waals surface area contributed by atoms with Crippen LogP contribution in [0.5, 0.6) is 0 Å². The molecule has 0 unspecified atom stereocenters. The van der Waals surface area contributed by atoms with E-state index in [9.17, 15) is 14.4 Å². The smallest absolute Gasteiger partial charge is 0.407 e. The van der Waals surface area contributed by atoms with Gasteiger partial charge in [0.1, 0.15) is 12.6 Å². The number of benzene rings is 2. The summed E-state index contributed by atoms with van der Waals surface area (Å²) in [6.45, 7) is 0.784. The fourth-order valence-electron chi connectivity index (χ4n) is 4.12. The Morgan fingerprint density at radius 3 is 2.37 bits per heavy atom. The maximum Gasteiger partial charge on any atom is 0.407 e. The van der Waals surface area contributed by atoms with Crippen LogP contribution in [0.4, 0.5) is 4.79 Å². The maximum atomic E-state index is 12.1. The Kier molecular flexibility index (Phi) is 5.97. The van der Waals surface area contributed by atoms with Crippen LogP contribution < -0.4 is 16.0 Å². The van der Waals surface area contributed by atoms with Gasteiger partial charge in [0, 0.05) is 12.5 Å². The van der Waals surface area contributed by atoms with E-state index in [1.165, 1.54) is 22.3 Å². The van der Waals surface area contributed by atoms with Crippen molar-refractivity contribution in [3.8, 4) is 11.1 Å². The van der Waals surface area contributed by atoms with E-state index in [2.05, 4.69) is 40.2 Å². The molecule has 30 heavy (non-hydrogen) atoms. The summed E-state index contributed by atoms with van der Waals surface area (Å²) in [5.41, 5.74) is 4.75. The highest BCUT2D eigenvalue weighted by atomic mass is 16.5. The van der Waals surface area contributed by atoms with Crippen LogP contribution in [0.3, 0.4) is 0 Å². The van der Waals surface area contributed by atoms with Gasteiger partial charge in [-0.25, -0.2) is 4.79 Å². The molecule has 156 valence electrons. The zero-order valence-electron chi connectivity index (χ0n) is 16.6. The first-order valence-electron chi connectivity index (χ1n) is 10.3. The topological polar surface area (TPSA) is 96.5 Å². The van der Waals surface area contributed by atoms with Crippen LogP contribution in [0.25, 0.3) is 11.1 Å². The molecule has 0 aromatic heterocycles. The summed E-state index contributed by atoms with van der Waals surface area (Å²) in [6.07, 6.45) is 1.51. The number of unbranched alkanes of at least 4 members (excludes halogenated alkanes) is 1. The van der Waals surface area contributed by atoms with Crippen LogP contribution in [-0.2, 0) is 14.3 Å². The largest absolute Gasteiger partial charge is 0.449 e. The summed E-state index contributed by atoms with van der Waals surface area (Å²) >= 11 is 0. The molecule has 1 atom stereocenters. The molecule has 0 bridgehead atoms. The second kappa shape index (κ2) is 8.98. The number of amides is 3. The number of alkyl carbamates (subject to hydrolysis) is 1. The number of hydrogen-bond acceptors (Lipinski definition) is 4. The Bertz CT molecular complexity index is 913. The lowest BCUT2D eigenvalue weighted by Gasteiger charge is -2.22. The number of carbonyl (C=O) groups excluding carboxylic acids is 3. The van der Waals surface area contributed by atoms with Crippen molar-refractivity contribution < 1.29 is 19.1 Å². The van der Waals surface area contributed by atoms with Crippen molar-refractivity contribution in [1.82, 2.24) is 16.0 Å².